The minimum atomic E-state index is 0. The predicted octanol–water partition coefficient (Wildman–Crippen LogP) is 2.96. The summed E-state index contributed by atoms with van der Waals surface area (Å²) in [5.41, 5.74) is 7.14. The quantitative estimate of drug-likeness (QED) is 0.880. The Bertz CT molecular complexity index is 487. The molecule has 2 aliphatic heterocycles. The summed E-state index contributed by atoms with van der Waals surface area (Å²) < 4.78 is 12.4. The number of nitrogens with zero attached hydrogens (tertiary/aromatic N) is 1. The Morgan fingerprint density at radius 3 is 2.62 bits per heavy atom. The average molecular weight is 378 g/mol. The fourth-order valence-electron chi connectivity index (χ4n) is 2.98. The van der Waals surface area contributed by atoms with Gasteiger partial charge in [0, 0.05) is 23.6 Å². The molecule has 3 rings (SSSR count). The Morgan fingerprint density at radius 1 is 1.19 bits per heavy atom. The van der Waals surface area contributed by atoms with Gasteiger partial charge in [-0.1, -0.05) is 22.4 Å². The summed E-state index contributed by atoms with van der Waals surface area (Å²) in [6, 6.07) is 4.62. The van der Waals surface area contributed by atoms with Crippen LogP contribution < -0.4 is 15.2 Å². The molecule has 2 aliphatic rings. The van der Waals surface area contributed by atoms with Crippen molar-refractivity contribution in [3.05, 3.63) is 22.2 Å². The van der Waals surface area contributed by atoms with E-state index in [4.69, 9.17) is 15.2 Å². The van der Waals surface area contributed by atoms with Gasteiger partial charge in [0.05, 0.1) is 0 Å². The highest BCUT2D eigenvalue weighted by atomic mass is 79.9. The third kappa shape index (κ3) is 3.83. The van der Waals surface area contributed by atoms with Crippen LogP contribution in [-0.2, 0) is 6.54 Å². The zero-order valence-corrected chi connectivity index (χ0v) is 14.4. The van der Waals surface area contributed by atoms with E-state index in [0.717, 1.165) is 35.6 Å². The lowest BCUT2D eigenvalue weighted by molar-refractivity contribution is 0.143. The van der Waals surface area contributed by atoms with Crippen LogP contribution in [0, 0.1) is 0 Å². The van der Waals surface area contributed by atoms with E-state index in [9.17, 15) is 0 Å². The first-order valence-corrected chi connectivity index (χ1v) is 8.09. The Hall–Kier alpha value is -0.490. The molecule has 2 heterocycles. The SMILES string of the molecule is Cl.NCC1CCCCN1Cc1cc2c(cc1Br)OCCO2. The number of halogens is 2. The summed E-state index contributed by atoms with van der Waals surface area (Å²) in [5, 5.41) is 0. The van der Waals surface area contributed by atoms with E-state index in [2.05, 4.69) is 26.9 Å². The zero-order chi connectivity index (χ0) is 13.9. The van der Waals surface area contributed by atoms with E-state index in [1.807, 2.05) is 6.07 Å². The van der Waals surface area contributed by atoms with Crippen molar-refractivity contribution in [2.45, 2.75) is 31.8 Å². The van der Waals surface area contributed by atoms with Crippen molar-refractivity contribution in [3.8, 4) is 11.5 Å². The second kappa shape index (κ2) is 7.68. The smallest absolute Gasteiger partial charge is 0.162 e. The van der Waals surface area contributed by atoms with Gasteiger partial charge in [-0.2, -0.15) is 0 Å². The van der Waals surface area contributed by atoms with Crippen molar-refractivity contribution < 1.29 is 9.47 Å². The lowest BCUT2D eigenvalue weighted by atomic mass is 10.0. The number of rotatable bonds is 3. The molecule has 21 heavy (non-hydrogen) atoms. The third-order valence-corrected chi connectivity index (χ3v) is 4.84. The molecule has 0 aromatic heterocycles. The fourth-order valence-corrected chi connectivity index (χ4v) is 3.43. The van der Waals surface area contributed by atoms with Crippen molar-refractivity contribution in [1.29, 1.82) is 0 Å². The summed E-state index contributed by atoms with van der Waals surface area (Å²) >= 11 is 3.65. The highest BCUT2D eigenvalue weighted by molar-refractivity contribution is 9.10. The highest BCUT2D eigenvalue weighted by Crippen LogP contribution is 2.36. The summed E-state index contributed by atoms with van der Waals surface area (Å²) in [6.45, 7) is 4.04. The van der Waals surface area contributed by atoms with E-state index >= 15 is 0 Å². The van der Waals surface area contributed by atoms with E-state index < -0.39 is 0 Å². The van der Waals surface area contributed by atoms with Gasteiger partial charge in [-0.25, -0.2) is 0 Å². The first-order chi connectivity index (χ1) is 9.78. The number of nitrogens with two attached hydrogens (primary N) is 1. The zero-order valence-electron chi connectivity index (χ0n) is 12.0. The Kier molecular flexibility index (Phi) is 6.17. The molecule has 2 N–H and O–H groups in total. The van der Waals surface area contributed by atoms with Crippen LogP contribution in [0.5, 0.6) is 11.5 Å². The second-order valence-electron chi connectivity index (χ2n) is 5.44. The molecule has 0 saturated carbocycles. The topological polar surface area (TPSA) is 47.7 Å². The minimum Gasteiger partial charge on any atom is -0.486 e. The van der Waals surface area contributed by atoms with Gasteiger partial charge in [0.1, 0.15) is 13.2 Å². The van der Waals surface area contributed by atoms with Crippen molar-refractivity contribution in [2.75, 3.05) is 26.3 Å². The molecule has 6 heteroatoms. The molecule has 1 fully saturated rings. The van der Waals surface area contributed by atoms with Crippen LogP contribution >= 0.6 is 28.3 Å². The molecule has 118 valence electrons. The summed E-state index contributed by atoms with van der Waals surface area (Å²) in [6.07, 6.45) is 3.76. The first-order valence-electron chi connectivity index (χ1n) is 7.30. The van der Waals surface area contributed by atoms with Gasteiger partial charge >= 0.3 is 0 Å². The largest absolute Gasteiger partial charge is 0.486 e. The molecule has 1 aromatic rings. The van der Waals surface area contributed by atoms with Crippen LogP contribution in [0.4, 0.5) is 0 Å². The number of hydrogen-bond acceptors (Lipinski definition) is 4. The normalized spacial score (nSPS) is 21.7. The van der Waals surface area contributed by atoms with Gasteiger partial charge in [-0.05, 0) is 37.1 Å². The van der Waals surface area contributed by atoms with Gasteiger partial charge in [0.15, 0.2) is 11.5 Å². The highest BCUT2D eigenvalue weighted by Gasteiger charge is 2.23. The molecular formula is C15H22BrClN2O2. The van der Waals surface area contributed by atoms with Gasteiger partial charge in [-0.3, -0.25) is 4.90 Å². The molecule has 1 saturated heterocycles. The number of fused-ring (bicyclic) bond motifs is 1. The maximum absolute atomic E-state index is 5.90. The van der Waals surface area contributed by atoms with Crippen LogP contribution in [0.15, 0.2) is 16.6 Å². The van der Waals surface area contributed by atoms with Crippen molar-refractivity contribution in [3.63, 3.8) is 0 Å². The molecule has 0 spiro atoms. The number of benzene rings is 1. The lowest BCUT2D eigenvalue weighted by Gasteiger charge is -2.35. The maximum atomic E-state index is 5.90. The number of likely N-dealkylation sites (tertiary alicyclic amines) is 1. The van der Waals surface area contributed by atoms with Crippen LogP contribution in [0.1, 0.15) is 24.8 Å². The minimum absolute atomic E-state index is 0. The van der Waals surface area contributed by atoms with Crippen LogP contribution in [0.3, 0.4) is 0 Å². The lowest BCUT2D eigenvalue weighted by Crippen LogP contribution is -2.43. The molecule has 0 radical (unpaired) electrons. The van der Waals surface area contributed by atoms with Crippen LogP contribution in [-0.4, -0.2) is 37.2 Å². The van der Waals surface area contributed by atoms with Gasteiger partial charge in [-0.15, -0.1) is 12.4 Å². The number of piperidine rings is 1. The second-order valence-corrected chi connectivity index (χ2v) is 6.30. The molecule has 0 aliphatic carbocycles. The molecule has 1 atom stereocenters. The monoisotopic (exact) mass is 376 g/mol. The molecule has 1 unspecified atom stereocenters. The molecule has 1 aromatic carbocycles. The molecule has 4 nitrogen and oxygen atoms in total. The fraction of sp³-hybridized carbons (Fsp3) is 0.600. The van der Waals surface area contributed by atoms with E-state index in [-0.39, 0.29) is 12.4 Å². The van der Waals surface area contributed by atoms with E-state index in [1.54, 1.807) is 0 Å². The summed E-state index contributed by atoms with van der Waals surface area (Å²) in [4.78, 5) is 2.49. The van der Waals surface area contributed by atoms with Crippen molar-refractivity contribution >= 4 is 28.3 Å². The predicted molar refractivity (Wildman–Crippen MR) is 89.5 cm³/mol. The van der Waals surface area contributed by atoms with Gasteiger partial charge in [0.25, 0.3) is 0 Å². The average Bonchev–Trinajstić information content (AvgIpc) is 2.48. The Labute approximate surface area is 140 Å². The maximum Gasteiger partial charge on any atom is 0.162 e. The first kappa shape index (κ1) is 16.9. The molecule has 0 amide bonds. The third-order valence-electron chi connectivity index (χ3n) is 4.11. The Morgan fingerprint density at radius 2 is 1.90 bits per heavy atom. The van der Waals surface area contributed by atoms with E-state index in [1.165, 1.54) is 24.8 Å². The standard InChI is InChI=1S/C15H21BrN2O2.ClH/c16-13-8-15-14(19-5-6-20-15)7-11(13)10-18-4-2-1-3-12(18)9-17;/h7-8,12H,1-6,9-10,17H2;1H. The summed E-state index contributed by atoms with van der Waals surface area (Å²) in [7, 11) is 0. The van der Waals surface area contributed by atoms with Crippen molar-refractivity contribution in [2.24, 2.45) is 5.73 Å². The van der Waals surface area contributed by atoms with Gasteiger partial charge in [0.2, 0.25) is 0 Å². The van der Waals surface area contributed by atoms with Gasteiger partial charge < -0.3 is 15.2 Å². The summed E-state index contributed by atoms with van der Waals surface area (Å²) in [5.74, 6) is 1.69. The van der Waals surface area contributed by atoms with Crippen molar-refractivity contribution in [1.82, 2.24) is 4.90 Å². The van der Waals surface area contributed by atoms with Crippen LogP contribution in [0.25, 0.3) is 0 Å². The number of ether oxygens (including phenoxy) is 2. The molecular weight excluding hydrogens is 356 g/mol. The van der Waals surface area contributed by atoms with Crippen LogP contribution in [0.2, 0.25) is 0 Å². The van der Waals surface area contributed by atoms with E-state index in [0.29, 0.717) is 19.3 Å². The number of hydrogen-bond donors (Lipinski definition) is 1. The molecule has 0 bridgehead atoms. The Balaban J connectivity index is 0.00000161.